The maximum atomic E-state index is 10.3. The molecule has 0 bridgehead atoms. The van der Waals surface area contributed by atoms with Crippen LogP contribution >= 0.6 is 0 Å². The van der Waals surface area contributed by atoms with Gasteiger partial charge in [-0.25, -0.2) is 0 Å². The van der Waals surface area contributed by atoms with Crippen molar-refractivity contribution >= 4 is 6.29 Å². The molecule has 1 saturated carbocycles. The Morgan fingerprint density at radius 1 is 1.50 bits per heavy atom. The maximum Gasteiger partial charge on any atom is 0.120 e. The predicted octanol–water partition coefficient (Wildman–Crippen LogP) is 2.26. The molecule has 0 amide bonds. The lowest BCUT2D eigenvalue weighted by Gasteiger charge is -2.16. The first kappa shape index (κ1) is 7.77. The van der Waals surface area contributed by atoms with Crippen LogP contribution in [0.3, 0.4) is 0 Å². The van der Waals surface area contributed by atoms with E-state index in [0.717, 1.165) is 18.6 Å². The summed E-state index contributed by atoms with van der Waals surface area (Å²) in [5, 5.41) is 0. The Hall–Kier alpha value is -0.330. The summed E-state index contributed by atoms with van der Waals surface area (Å²) >= 11 is 0. The fourth-order valence-corrected chi connectivity index (χ4v) is 1.64. The van der Waals surface area contributed by atoms with Gasteiger partial charge in [0.25, 0.3) is 0 Å². The largest absolute Gasteiger partial charge is 0.303 e. The average molecular weight is 140 g/mol. The summed E-state index contributed by atoms with van der Waals surface area (Å²) < 4.78 is 0. The van der Waals surface area contributed by atoms with E-state index in [1.54, 1.807) is 0 Å². The minimum absolute atomic E-state index is 0.678. The molecular weight excluding hydrogens is 124 g/mol. The third-order valence-corrected chi connectivity index (χ3v) is 2.45. The topological polar surface area (TPSA) is 17.1 Å². The van der Waals surface area contributed by atoms with Gasteiger partial charge in [0.2, 0.25) is 0 Å². The van der Waals surface area contributed by atoms with Gasteiger partial charge in [0.05, 0.1) is 0 Å². The summed E-state index contributed by atoms with van der Waals surface area (Å²) in [6.07, 6.45) is 4.57. The first-order valence-electron chi connectivity index (χ1n) is 4.19. The number of rotatable bonds is 4. The van der Waals surface area contributed by atoms with Crippen LogP contribution in [0, 0.1) is 17.8 Å². The molecule has 0 aromatic rings. The quantitative estimate of drug-likeness (QED) is 0.547. The van der Waals surface area contributed by atoms with E-state index in [1.807, 2.05) is 0 Å². The van der Waals surface area contributed by atoms with Crippen molar-refractivity contribution < 1.29 is 4.79 Å². The van der Waals surface area contributed by atoms with Gasteiger partial charge in [-0.2, -0.15) is 0 Å². The Labute approximate surface area is 62.8 Å². The molecule has 0 saturated heterocycles. The van der Waals surface area contributed by atoms with Crippen molar-refractivity contribution in [3.63, 3.8) is 0 Å². The van der Waals surface area contributed by atoms with Crippen LogP contribution in [0.15, 0.2) is 0 Å². The lowest BCUT2D eigenvalue weighted by Crippen LogP contribution is -2.11. The number of carbonyl (C=O) groups excluding carboxylic acids is 1. The Bertz CT molecular complexity index is 112. The van der Waals surface area contributed by atoms with Crippen molar-refractivity contribution in [2.45, 2.75) is 33.1 Å². The van der Waals surface area contributed by atoms with Crippen LogP contribution in [-0.4, -0.2) is 6.29 Å². The summed E-state index contributed by atoms with van der Waals surface area (Å²) in [4.78, 5) is 10.3. The van der Waals surface area contributed by atoms with Crippen LogP contribution in [0.4, 0.5) is 0 Å². The molecule has 1 aliphatic rings. The molecule has 1 atom stereocenters. The van der Waals surface area contributed by atoms with Crippen molar-refractivity contribution in [3.05, 3.63) is 0 Å². The minimum Gasteiger partial charge on any atom is -0.303 e. The molecule has 0 aromatic heterocycles. The van der Waals surface area contributed by atoms with Gasteiger partial charge in [0.15, 0.2) is 0 Å². The molecule has 1 nitrogen and oxygen atoms in total. The monoisotopic (exact) mass is 140 g/mol. The summed E-state index contributed by atoms with van der Waals surface area (Å²) in [6, 6.07) is 0. The molecule has 1 unspecified atom stereocenters. The van der Waals surface area contributed by atoms with E-state index in [-0.39, 0.29) is 0 Å². The van der Waals surface area contributed by atoms with Gasteiger partial charge in [-0.1, -0.05) is 13.8 Å². The van der Waals surface area contributed by atoms with E-state index in [0.29, 0.717) is 11.8 Å². The number of hydrogen-bond donors (Lipinski definition) is 0. The maximum absolute atomic E-state index is 10.3. The molecule has 10 heavy (non-hydrogen) atoms. The average Bonchev–Trinajstić information content (AvgIpc) is 2.63. The van der Waals surface area contributed by atoms with E-state index < -0.39 is 0 Å². The van der Waals surface area contributed by atoms with E-state index in [2.05, 4.69) is 13.8 Å². The fourth-order valence-electron chi connectivity index (χ4n) is 1.64. The van der Waals surface area contributed by atoms with Crippen molar-refractivity contribution in [1.29, 1.82) is 0 Å². The highest BCUT2D eigenvalue weighted by Gasteiger charge is 2.32. The molecule has 1 heteroatoms. The van der Waals surface area contributed by atoms with Gasteiger partial charge in [-0.15, -0.1) is 0 Å². The fraction of sp³-hybridized carbons (Fsp3) is 0.889. The van der Waals surface area contributed by atoms with E-state index in [1.165, 1.54) is 12.8 Å². The Morgan fingerprint density at radius 2 is 2.10 bits per heavy atom. The molecule has 1 rings (SSSR count). The zero-order chi connectivity index (χ0) is 7.56. The van der Waals surface area contributed by atoms with Crippen LogP contribution in [-0.2, 0) is 4.79 Å². The molecule has 58 valence electrons. The summed E-state index contributed by atoms with van der Waals surface area (Å²) in [5.41, 5.74) is 0. The smallest absolute Gasteiger partial charge is 0.120 e. The van der Waals surface area contributed by atoms with Gasteiger partial charge in [0, 0.05) is 6.42 Å². The van der Waals surface area contributed by atoms with Gasteiger partial charge < -0.3 is 4.79 Å². The normalized spacial score (nSPS) is 21.1. The van der Waals surface area contributed by atoms with Crippen LogP contribution in [0.2, 0.25) is 0 Å². The molecule has 0 spiro atoms. The lowest BCUT2D eigenvalue weighted by molar-refractivity contribution is -0.109. The van der Waals surface area contributed by atoms with Crippen molar-refractivity contribution in [1.82, 2.24) is 0 Å². The molecule has 0 N–H and O–H groups in total. The number of carbonyl (C=O) groups is 1. The highest BCUT2D eigenvalue weighted by molar-refractivity contribution is 5.50. The Balaban J connectivity index is 2.33. The predicted molar refractivity (Wildman–Crippen MR) is 41.7 cm³/mol. The standard InChI is InChI=1S/C9H16O/c1-7(2)9(5-6-10)8-3-4-8/h6-9H,3-5H2,1-2H3. The SMILES string of the molecule is CC(C)C(CC=O)C1CC1. The second kappa shape index (κ2) is 3.18. The van der Waals surface area contributed by atoms with Crippen molar-refractivity contribution in [2.24, 2.45) is 17.8 Å². The highest BCUT2D eigenvalue weighted by atomic mass is 16.1. The van der Waals surface area contributed by atoms with Crippen LogP contribution in [0.25, 0.3) is 0 Å². The molecule has 0 heterocycles. The van der Waals surface area contributed by atoms with Crippen molar-refractivity contribution in [3.8, 4) is 0 Å². The zero-order valence-corrected chi connectivity index (χ0v) is 6.84. The highest BCUT2D eigenvalue weighted by Crippen LogP contribution is 2.41. The van der Waals surface area contributed by atoms with E-state index >= 15 is 0 Å². The van der Waals surface area contributed by atoms with Gasteiger partial charge in [-0.3, -0.25) is 0 Å². The van der Waals surface area contributed by atoms with Crippen LogP contribution in [0.5, 0.6) is 0 Å². The molecule has 1 fully saturated rings. The summed E-state index contributed by atoms with van der Waals surface area (Å²) in [5.74, 6) is 2.25. The Morgan fingerprint density at radius 3 is 2.40 bits per heavy atom. The first-order chi connectivity index (χ1) is 4.75. The number of hydrogen-bond acceptors (Lipinski definition) is 1. The molecule has 0 radical (unpaired) electrons. The second-order valence-electron chi connectivity index (χ2n) is 3.65. The first-order valence-corrected chi connectivity index (χ1v) is 4.19. The van der Waals surface area contributed by atoms with E-state index in [9.17, 15) is 4.79 Å². The minimum atomic E-state index is 0.678. The zero-order valence-electron chi connectivity index (χ0n) is 6.84. The van der Waals surface area contributed by atoms with Crippen molar-refractivity contribution in [2.75, 3.05) is 0 Å². The second-order valence-corrected chi connectivity index (χ2v) is 3.65. The lowest BCUT2D eigenvalue weighted by atomic mass is 9.89. The van der Waals surface area contributed by atoms with E-state index in [4.69, 9.17) is 0 Å². The Kier molecular flexibility index (Phi) is 2.47. The van der Waals surface area contributed by atoms with Crippen LogP contribution in [0.1, 0.15) is 33.1 Å². The third kappa shape index (κ3) is 1.83. The molecule has 0 aliphatic heterocycles. The van der Waals surface area contributed by atoms with Gasteiger partial charge >= 0.3 is 0 Å². The van der Waals surface area contributed by atoms with Crippen LogP contribution < -0.4 is 0 Å². The third-order valence-electron chi connectivity index (χ3n) is 2.45. The molecule has 1 aliphatic carbocycles. The van der Waals surface area contributed by atoms with Gasteiger partial charge in [-0.05, 0) is 30.6 Å². The summed E-state index contributed by atoms with van der Waals surface area (Å²) in [6.45, 7) is 4.43. The van der Waals surface area contributed by atoms with Gasteiger partial charge in [0.1, 0.15) is 6.29 Å². The molecule has 0 aromatic carbocycles. The summed E-state index contributed by atoms with van der Waals surface area (Å²) in [7, 11) is 0. The number of aldehydes is 1. The molecular formula is C9H16O.